The van der Waals surface area contributed by atoms with Gasteiger partial charge in [0.2, 0.25) is 0 Å². The van der Waals surface area contributed by atoms with Crippen LogP contribution in [0.3, 0.4) is 0 Å². The van der Waals surface area contributed by atoms with Crippen LogP contribution in [0.1, 0.15) is 35.6 Å². The fourth-order valence-electron chi connectivity index (χ4n) is 3.49. The maximum Gasteiger partial charge on any atom is 0.378 e. The molecular weight excluding hydrogens is 436 g/mol. The number of ether oxygens (including phenoxy) is 1. The number of carbonyl (C=O) groups is 2. The number of hydrogen-bond acceptors (Lipinski definition) is 6. The Labute approximate surface area is 196 Å². The lowest BCUT2D eigenvalue weighted by atomic mass is 10.0. The molecule has 0 aliphatic heterocycles. The van der Waals surface area contributed by atoms with Crippen molar-refractivity contribution in [3.05, 3.63) is 83.0 Å². The van der Waals surface area contributed by atoms with Crippen LogP contribution in [0.25, 0.3) is 16.4 Å². The molecule has 0 atom stereocenters. The van der Waals surface area contributed by atoms with Gasteiger partial charge in [0.05, 0.1) is 10.6 Å². The largest absolute Gasteiger partial charge is 0.450 e. The van der Waals surface area contributed by atoms with E-state index in [0.29, 0.717) is 5.82 Å². The highest BCUT2D eigenvalue weighted by Crippen LogP contribution is 2.26. The van der Waals surface area contributed by atoms with Crippen molar-refractivity contribution < 1.29 is 14.3 Å². The number of aryl methyl sites for hydroxylation is 2. The van der Waals surface area contributed by atoms with Gasteiger partial charge in [0.15, 0.2) is 12.4 Å². The Bertz CT molecular complexity index is 1230. The Morgan fingerprint density at radius 3 is 2.33 bits per heavy atom. The van der Waals surface area contributed by atoms with Crippen LogP contribution in [0.15, 0.2) is 66.0 Å². The average Bonchev–Trinajstić information content (AvgIpc) is 3.53. The quantitative estimate of drug-likeness (QED) is 0.377. The summed E-state index contributed by atoms with van der Waals surface area (Å²) >= 11 is 1.50. The summed E-state index contributed by atoms with van der Waals surface area (Å²) in [6, 6.07) is 19.2. The molecular formula is C25H24N4O3S. The fourth-order valence-corrected chi connectivity index (χ4v) is 4.19. The van der Waals surface area contributed by atoms with Crippen LogP contribution in [-0.4, -0.2) is 33.2 Å². The molecule has 0 aliphatic carbocycles. The van der Waals surface area contributed by atoms with E-state index in [-0.39, 0.29) is 5.82 Å². The number of carbonyl (C=O) groups excluding carboxylic acids is 2. The van der Waals surface area contributed by atoms with Gasteiger partial charge in [-0.2, -0.15) is 4.98 Å². The first-order chi connectivity index (χ1) is 16.1. The zero-order valence-corrected chi connectivity index (χ0v) is 19.3. The van der Waals surface area contributed by atoms with Gasteiger partial charge in [-0.25, -0.2) is 9.48 Å². The average molecular weight is 461 g/mol. The smallest absolute Gasteiger partial charge is 0.378 e. The summed E-state index contributed by atoms with van der Waals surface area (Å²) in [7, 11) is 0. The van der Waals surface area contributed by atoms with Crippen molar-refractivity contribution in [2.75, 3.05) is 11.9 Å². The molecule has 0 aliphatic rings. The lowest BCUT2D eigenvalue weighted by Crippen LogP contribution is -2.22. The highest BCUT2D eigenvalue weighted by atomic mass is 32.1. The van der Waals surface area contributed by atoms with E-state index in [4.69, 9.17) is 4.74 Å². The summed E-state index contributed by atoms with van der Waals surface area (Å²) in [4.78, 5) is 30.5. The molecule has 0 saturated carbocycles. The summed E-state index contributed by atoms with van der Waals surface area (Å²) in [6.45, 7) is 3.64. The molecule has 1 N–H and O–H groups in total. The summed E-state index contributed by atoms with van der Waals surface area (Å²) in [5, 5.41) is 9.18. The van der Waals surface area contributed by atoms with E-state index < -0.39 is 18.5 Å². The summed E-state index contributed by atoms with van der Waals surface area (Å²) in [5.74, 6) is -0.715. The first kappa shape index (κ1) is 22.4. The first-order valence-electron chi connectivity index (χ1n) is 10.7. The molecule has 4 rings (SSSR count). The van der Waals surface area contributed by atoms with Crippen LogP contribution >= 0.6 is 11.3 Å². The van der Waals surface area contributed by atoms with Crippen molar-refractivity contribution >= 4 is 28.9 Å². The molecule has 7 nitrogen and oxygen atoms in total. The van der Waals surface area contributed by atoms with Crippen molar-refractivity contribution in [3.8, 4) is 16.4 Å². The van der Waals surface area contributed by atoms with Crippen molar-refractivity contribution in [3.63, 3.8) is 0 Å². The number of nitrogens with zero attached hydrogens (tertiary/aromatic N) is 3. The molecule has 2 aromatic carbocycles. The number of aromatic nitrogens is 3. The monoisotopic (exact) mass is 460 g/mol. The number of para-hydroxylation sites is 2. The number of thiophene rings is 1. The molecule has 33 heavy (non-hydrogen) atoms. The van der Waals surface area contributed by atoms with E-state index in [9.17, 15) is 9.59 Å². The Morgan fingerprint density at radius 2 is 1.70 bits per heavy atom. The number of hydrogen-bond donors (Lipinski definition) is 1. The molecule has 0 unspecified atom stereocenters. The third-order valence-corrected chi connectivity index (χ3v) is 6.00. The molecule has 168 valence electrons. The van der Waals surface area contributed by atoms with E-state index >= 15 is 0 Å². The minimum atomic E-state index is -0.753. The zero-order valence-electron chi connectivity index (χ0n) is 18.4. The molecule has 0 saturated heterocycles. The Kier molecular flexibility index (Phi) is 6.95. The Morgan fingerprint density at radius 1 is 0.970 bits per heavy atom. The van der Waals surface area contributed by atoms with Gasteiger partial charge in [-0.15, -0.1) is 16.4 Å². The zero-order chi connectivity index (χ0) is 23.2. The van der Waals surface area contributed by atoms with Crippen LogP contribution in [0.4, 0.5) is 5.69 Å². The summed E-state index contributed by atoms with van der Waals surface area (Å²) < 4.78 is 6.85. The van der Waals surface area contributed by atoms with Gasteiger partial charge in [0.1, 0.15) is 0 Å². The van der Waals surface area contributed by atoms with E-state index in [1.807, 2.05) is 79.9 Å². The van der Waals surface area contributed by atoms with Gasteiger partial charge in [-0.05, 0) is 47.5 Å². The minimum Gasteiger partial charge on any atom is -0.450 e. The molecule has 2 aromatic heterocycles. The predicted octanol–water partition coefficient (Wildman–Crippen LogP) is 4.92. The number of amides is 1. The van der Waals surface area contributed by atoms with Gasteiger partial charge >= 0.3 is 5.97 Å². The van der Waals surface area contributed by atoms with Gasteiger partial charge in [0.25, 0.3) is 11.7 Å². The van der Waals surface area contributed by atoms with Gasteiger partial charge in [0, 0.05) is 5.69 Å². The Hall–Kier alpha value is -3.78. The lowest BCUT2D eigenvalue weighted by Gasteiger charge is -2.14. The van der Waals surface area contributed by atoms with E-state index in [0.717, 1.165) is 40.2 Å². The normalized spacial score (nSPS) is 10.7. The maximum atomic E-state index is 12.7. The molecule has 1 amide bonds. The molecule has 0 fully saturated rings. The van der Waals surface area contributed by atoms with Gasteiger partial charge < -0.3 is 10.1 Å². The SMILES string of the molecule is CCc1cccc(CC)c1NC(=O)COC(=O)c1nc(-c2cccs2)n(-c2ccccc2)n1. The molecule has 2 heterocycles. The third-order valence-electron chi connectivity index (χ3n) is 5.13. The molecule has 0 spiro atoms. The standard InChI is InChI=1S/C25H24N4O3S/c1-3-17-10-8-11-18(4-2)22(17)26-21(30)16-32-25(31)23-27-24(20-14-9-15-33-20)29(28-23)19-12-6-5-7-13-19/h5-15H,3-4,16H2,1-2H3,(H,26,30). The second-order valence-corrected chi connectivity index (χ2v) is 8.21. The molecule has 8 heteroatoms. The number of anilines is 1. The third kappa shape index (κ3) is 5.01. The number of benzene rings is 2. The van der Waals surface area contributed by atoms with Crippen LogP contribution in [0.5, 0.6) is 0 Å². The summed E-state index contributed by atoms with van der Waals surface area (Å²) in [6.07, 6.45) is 1.57. The van der Waals surface area contributed by atoms with Crippen LogP contribution < -0.4 is 5.32 Å². The minimum absolute atomic E-state index is 0.0988. The van der Waals surface area contributed by atoms with Gasteiger partial charge in [-0.3, -0.25) is 4.79 Å². The molecule has 0 bridgehead atoms. The Balaban J connectivity index is 1.50. The molecule has 4 aromatic rings. The van der Waals surface area contributed by atoms with Crippen molar-refractivity contribution in [1.82, 2.24) is 14.8 Å². The lowest BCUT2D eigenvalue weighted by molar-refractivity contribution is -0.119. The maximum absolute atomic E-state index is 12.7. The van der Waals surface area contributed by atoms with Gasteiger partial charge in [-0.1, -0.05) is 56.3 Å². The highest BCUT2D eigenvalue weighted by molar-refractivity contribution is 7.13. The number of nitrogens with one attached hydrogen (secondary N) is 1. The molecule has 0 radical (unpaired) electrons. The van der Waals surface area contributed by atoms with Crippen molar-refractivity contribution in [2.24, 2.45) is 0 Å². The second-order valence-electron chi connectivity index (χ2n) is 7.27. The highest BCUT2D eigenvalue weighted by Gasteiger charge is 2.21. The summed E-state index contributed by atoms with van der Waals surface area (Å²) in [5.41, 5.74) is 3.64. The van der Waals surface area contributed by atoms with E-state index in [1.54, 1.807) is 4.68 Å². The number of esters is 1. The second kappa shape index (κ2) is 10.2. The predicted molar refractivity (Wildman–Crippen MR) is 129 cm³/mol. The van der Waals surface area contributed by atoms with E-state index in [2.05, 4.69) is 15.4 Å². The van der Waals surface area contributed by atoms with Crippen molar-refractivity contribution in [2.45, 2.75) is 26.7 Å². The topological polar surface area (TPSA) is 86.1 Å². The van der Waals surface area contributed by atoms with Crippen LogP contribution in [0.2, 0.25) is 0 Å². The van der Waals surface area contributed by atoms with E-state index in [1.165, 1.54) is 11.3 Å². The van der Waals surface area contributed by atoms with Crippen molar-refractivity contribution in [1.29, 1.82) is 0 Å². The van der Waals surface area contributed by atoms with Crippen LogP contribution in [-0.2, 0) is 22.4 Å². The number of rotatable bonds is 8. The van der Waals surface area contributed by atoms with Crippen LogP contribution in [0, 0.1) is 0 Å². The fraction of sp³-hybridized carbons (Fsp3) is 0.200. The first-order valence-corrected chi connectivity index (χ1v) is 11.6.